The first-order chi connectivity index (χ1) is 14.4. The zero-order valence-corrected chi connectivity index (χ0v) is 17.7. The zero-order valence-electron chi connectivity index (χ0n) is 17.7. The van der Waals surface area contributed by atoms with E-state index in [0.717, 1.165) is 12.0 Å². The van der Waals surface area contributed by atoms with Gasteiger partial charge in [-0.25, -0.2) is 0 Å². The van der Waals surface area contributed by atoms with E-state index in [2.05, 4.69) is 0 Å². The molecule has 1 atom stereocenters. The predicted molar refractivity (Wildman–Crippen MR) is 116 cm³/mol. The molecule has 1 heterocycles. The number of carbonyl (C=O) groups excluding carboxylic acids is 2. The van der Waals surface area contributed by atoms with Gasteiger partial charge in [0, 0.05) is 18.7 Å². The molecule has 1 fully saturated rings. The summed E-state index contributed by atoms with van der Waals surface area (Å²) >= 11 is 0. The highest BCUT2D eigenvalue weighted by molar-refractivity contribution is 6.46. The molecule has 0 bridgehead atoms. The van der Waals surface area contributed by atoms with Crippen LogP contribution in [0.4, 0.5) is 0 Å². The van der Waals surface area contributed by atoms with E-state index in [1.165, 1.54) is 0 Å². The first-order valence-electron chi connectivity index (χ1n) is 10.1. The molecule has 0 radical (unpaired) electrons. The highest BCUT2D eigenvalue weighted by Gasteiger charge is 2.45. The molecule has 2 aromatic rings. The van der Waals surface area contributed by atoms with Crippen molar-refractivity contribution in [2.24, 2.45) is 0 Å². The SMILES string of the molecule is CCCOc1ccc(/C(O)=C2/C(=O)C(=O)N(CCN(C)C)C2c2ccccc2)cc1. The Morgan fingerprint density at radius 1 is 1.07 bits per heavy atom. The number of ketones is 1. The molecular formula is C24H28N2O4. The minimum Gasteiger partial charge on any atom is -0.507 e. The number of amides is 1. The number of hydrogen-bond donors (Lipinski definition) is 1. The van der Waals surface area contributed by atoms with Crippen molar-refractivity contribution in [1.29, 1.82) is 0 Å². The van der Waals surface area contributed by atoms with Crippen LogP contribution in [0.25, 0.3) is 5.76 Å². The van der Waals surface area contributed by atoms with Crippen LogP contribution in [-0.2, 0) is 9.59 Å². The fraction of sp³-hybridized carbons (Fsp3) is 0.333. The number of hydrogen-bond acceptors (Lipinski definition) is 5. The number of rotatable bonds is 8. The largest absolute Gasteiger partial charge is 0.507 e. The Bertz CT molecular complexity index is 920. The summed E-state index contributed by atoms with van der Waals surface area (Å²) in [4.78, 5) is 29.2. The standard InChI is InChI=1S/C24H28N2O4/c1-4-16-30-19-12-10-18(11-13-19)22(27)20-21(17-8-6-5-7-9-17)26(15-14-25(2)3)24(29)23(20)28/h5-13,21,27H,4,14-16H2,1-3H3/b22-20-. The fourth-order valence-corrected chi connectivity index (χ4v) is 3.48. The monoisotopic (exact) mass is 408 g/mol. The van der Waals surface area contributed by atoms with E-state index in [1.54, 1.807) is 29.2 Å². The number of ether oxygens (including phenoxy) is 1. The summed E-state index contributed by atoms with van der Waals surface area (Å²) in [6.07, 6.45) is 0.898. The van der Waals surface area contributed by atoms with Crippen LogP contribution in [0.2, 0.25) is 0 Å². The lowest BCUT2D eigenvalue weighted by atomic mass is 9.95. The average Bonchev–Trinajstić information content (AvgIpc) is 3.01. The Labute approximate surface area is 177 Å². The van der Waals surface area contributed by atoms with E-state index >= 15 is 0 Å². The average molecular weight is 408 g/mol. The molecule has 158 valence electrons. The highest BCUT2D eigenvalue weighted by Crippen LogP contribution is 2.39. The van der Waals surface area contributed by atoms with E-state index in [1.807, 2.05) is 56.3 Å². The molecule has 6 nitrogen and oxygen atoms in total. The van der Waals surface area contributed by atoms with Crippen LogP contribution in [0.15, 0.2) is 60.2 Å². The van der Waals surface area contributed by atoms with Gasteiger partial charge in [0.05, 0.1) is 18.2 Å². The normalized spacial score (nSPS) is 18.3. The molecule has 0 aliphatic carbocycles. The van der Waals surface area contributed by atoms with Gasteiger partial charge in [-0.05, 0) is 50.3 Å². The molecule has 2 aromatic carbocycles. The van der Waals surface area contributed by atoms with Crippen molar-refractivity contribution < 1.29 is 19.4 Å². The minimum absolute atomic E-state index is 0.118. The molecule has 1 saturated heterocycles. The first-order valence-corrected chi connectivity index (χ1v) is 10.1. The van der Waals surface area contributed by atoms with E-state index in [4.69, 9.17) is 4.74 Å². The van der Waals surface area contributed by atoms with Crippen LogP contribution in [0.1, 0.15) is 30.5 Å². The summed E-state index contributed by atoms with van der Waals surface area (Å²) in [7, 11) is 3.83. The van der Waals surface area contributed by atoms with Gasteiger partial charge in [-0.1, -0.05) is 37.3 Å². The lowest BCUT2D eigenvalue weighted by Gasteiger charge is -2.26. The summed E-state index contributed by atoms with van der Waals surface area (Å²) in [6, 6.07) is 15.6. The maximum atomic E-state index is 12.9. The molecular weight excluding hydrogens is 380 g/mol. The molecule has 3 rings (SSSR count). The maximum Gasteiger partial charge on any atom is 0.295 e. The second-order valence-corrected chi connectivity index (χ2v) is 7.58. The highest BCUT2D eigenvalue weighted by atomic mass is 16.5. The number of likely N-dealkylation sites (tertiary alicyclic amines) is 1. The maximum absolute atomic E-state index is 12.9. The summed E-state index contributed by atoms with van der Waals surface area (Å²) in [5.74, 6) is -0.724. The molecule has 0 spiro atoms. The van der Waals surface area contributed by atoms with Gasteiger partial charge in [0.2, 0.25) is 0 Å². The van der Waals surface area contributed by atoms with E-state index in [-0.39, 0.29) is 11.3 Å². The lowest BCUT2D eigenvalue weighted by molar-refractivity contribution is -0.140. The van der Waals surface area contributed by atoms with E-state index in [0.29, 0.717) is 31.0 Å². The third-order valence-corrected chi connectivity index (χ3v) is 5.04. The number of likely N-dealkylation sites (N-methyl/N-ethyl adjacent to an activating group) is 1. The molecule has 1 aliphatic rings. The number of Topliss-reactive ketones (excluding diaryl/α,β-unsaturated/α-hetero) is 1. The van der Waals surface area contributed by atoms with Gasteiger partial charge >= 0.3 is 0 Å². The first kappa shape index (κ1) is 21.6. The van der Waals surface area contributed by atoms with Crippen LogP contribution in [0.3, 0.4) is 0 Å². The second-order valence-electron chi connectivity index (χ2n) is 7.58. The smallest absolute Gasteiger partial charge is 0.295 e. The molecule has 1 amide bonds. The van der Waals surface area contributed by atoms with Gasteiger partial charge in [-0.3, -0.25) is 9.59 Å². The molecule has 1 aliphatic heterocycles. The summed E-state index contributed by atoms with van der Waals surface area (Å²) in [6.45, 7) is 3.63. The Kier molecular flexibility index (Phi) is 6.90. The van der Waals surface area contributed by atoms with Gasteiger partial charge in [0.1, 0.15) is 11.5 Å². The Morgan fingerprint density at radius 2 is 1.73 bits per heavy atom. The topological polar surface area (TPSA) is 70.1 Å². The quantitative estimate of drug-likeness (QED) is 0.412. The van der Waals surface area contributed by atoms with Crippen molar-refractivity contribution >= 4 is 17.4 Å². The number of carbonyl (C=O) groups is 2. The van der Waals surface area contributed by atoms with Gasteiger partial charge in [-0.2, -0.15) is 0 Å². The molecule has 0 saturated carbocycles. The number of nitrogens with zero attached hydrogens (tertiary/aromatic N) is 2. The third kappa shape index (κ3) is 4.54. The van der Waals surface area contributed by atoms with Crippen molar-refractivity contribution in [3.8, 4) is 5.75 Å². The number of aliphatic hydroxyl groups excluding tert-OH is 1. The summed E-state index contributed by atoms with van der Waals surface area (Å²) < 4.78 is 5.58. The Balaban J connectivity index is 2.03. The van der Waals surface area contributed by atoms with Crippen LogP contribution in [0.5, 0.6) is 5.75 Å². The third-order valence-electron chi connectivity index (χ3n) is 5.04. The summed E-state index contributed by atoms with van der Waals surface area (Å²) in [5, 5.41) is 11.0. The fourth-order valence-electron chi connectivity index (χ4n) is 3.48. The number of benzene rings is 2. The van der Waals surface area contributed by atoms with Crippen LogP contribution in [-0.4, -0.2) is 60.4 Å². The van der Waals surface area contributed by atoms with Gasteiger partial charge < -0.3 is 19.6 Å². The van der Waals surface area contributed by atoms with Crippen LogP contribution in [0, 0.1) is 0 Å². The molecule has 1 N–H and O–H groups in total. The molecule has 6 heteroatoms. The Morgan fingerprint density at radius 3 is 2.33 bits per heavy atom. The minimum atomic E-state index is -0.661. The Hall–Kier alpha value is -3.12. The zero-order chi connectivity index (χ0) is 21.7. The molecule has 30 heavy (non-hydrogen) atoms. The van der Waals surface area contributed by atoms with E-state index in [9.17, 15) is 14.7 Å². The van der Waals surface area contributed by atoms with Crippen LogP contribution >= 0.6 is 0 Å². The summed E-state index contributed by atoms with van der Waals surface area (Å²) in [5.41, 5.74) is 1.39. The number of aliphatic hydroxyl groups is 1. The van der Waals surface area contributed by atoms with Crippen molar-refractivity contribution in [2.75, 3.05) is 33.8 Å². The van der Waals surface area contributed by atoms with Crippen LogP contribution < -0.4 is 4.74 Å². The van der Waals surface area contributed by atoms with Crippen molar-refractivity contribution in [3.63, 3.8) is 0 Å². The van der Waals surface area contributed by atoms with E-state index < -0.39 is 17.7 Å². The van der Waals surface area contributed by atoms with Crippen molar-refractivity contribution in [1.82, 2.24) is 9.80 Å². The van der Waals surface area contributed by atoms with Gasteiger partial charge in [-0.15, -0.1) is 0 Å². The van der Waals surface area contributed by atoms with Crippen molar-refractivity contribution in [2.45, 2.75) is 19.4 Å². The lowest BCUT2D eigenvalue weighted by Crippen LogP contribution is -2.35. The molecule has 1 unspecified atom stereocenters. The predicted octanol–water partition coefficient (Wildman–Crippen LogP) is 3.46. The van der Waals surface area contributed by atoms with Gasteiger partial charge in [0.25, 0.3) is 11.7 Å². The molecule has 0 aromatic heterocycles. The van der Waals surface area contributed by atoms with Crippen molar-refractivity contribution in [3.05, 3.63) is 71.3 Å². The van der Waals surface area contributed by atoms with Gasteiger partial charge in [0.15, 0.2) is 0 Å². The second kappa shape index (κ2) is 9.59.